The molecule has 5 heteroatoms. The lowest BCUT2D eigenvalue weighted by atomic mass is 9.99. The molecule has 2 aromatic carbocycles. The molecule has 2 heterocycles. The third-order valence-corrected chi connectivity index (χ3v) is 5.84. The van der Waals surface area contributed by atoms with Crippen LogP contribution in [0.4, 0.5) is 0 Å². The fourth-order valence-electron chi connectivity index (χ4n) is 4.28. The van der Waals surface area contributed by atoms with Gasteiger partial charge >= 0.3 is 5.63 Å². The molecule has 0 radical (unpaired) electrons. The highest BCUT2D eigenvalue weighted by Crippen LogP contribution is 2.30. The van der Waals surface area contributed by atoms with Crippen molar-refractivity contribution in [3.8, 4) is 16.9 Å². The molecule has 3 aromatic rings. The van der Waals surface area contributed by atoms with E-state index >= 15 is 0 Å². The number of piperidine rings is 1. The summed E-state index contributed by atoms with van der Waals surface area (Å²) in [6.07, 6.45) is 3.63. The van der Waals surface area contributed by atoms with E-state index in [1.165, 1.54) is 12.5 Å². The van der Waals surface area contributed by atoms with E-state index in [-0.39, 0.29) is 5.91 Å². The van der Waals surface area contributed by atoms with Crippen molar-refractivity contribution in [2.75, 3.05) is 6.54 Å². The Morgan fingerprint density at radius 2 is 1.97 bits per heavy atom. The molecule has 1 amide bonds. The van der Waals surface area contributed by atoms with Crippen molar-refractivity contribution in [2.45, 2.75) is 51.7 Å². The molecule has 0 aliphatic carbocycles. The molecular weight excluding hydrogens is 378 g/mol. The van der Waals surface area contributed by atoms with Crippen LogP contribution in [0.1, 0.15) is 39.5 Å². The number of ether oxygens (including phenoxy) is 1. The molecule has 1 aromatic heterocycles. The molecule has 1 fully saturated rings. The standard InChI is InChI=1S/C25H27NO4/c1-3-19-11-7-8-14-26(19)25(28)17(2)29-20-12-13-21-22(18-9-5-4-6-10-18)16-24(27)30-23(21)15-20/h4-6,9-10,12-13,15-17,19H,3,7-8,11,14H2,1-2H3/t17-,19?/m1/s1. The summed E-state index contributed by atoms with van der Waals surface area (Å²) in [5, 5.41) is 0.828. The van der Waals surface area contributed by atoms with Crippen molar-refractivity contribution in [2.24, 2.45) is 0 Å². The van der Waals surface area contributed by atoms with Crippen molar-refractivity contribution < 1.29 is 13.9 Å². The number of benzene rings is 2. The van der Waals surface area contributed by atoms with Crippen LogP contribution in [0, 0.1) is 0 Å². The summed E-state index contributed by atoms with van der Waals surface area (Å²) in [5.41, 5.74) is 1.80. The SMILES string of the molecule is CCC1CCCCN1C(=O)[C@@H](C)Oc1ccc2c(-c3ccccc3)cc(=O)oc2c1. The minimum absolute atomic E-state index is 0.0149. The largest absolute Gasteiger partial charge is 0.481 e. The number of likely N-dealkylation sites (tertiary alicyclic amines) is 1. The first-order chi connectivity index (χ1) is 14.6. The average Bonchev–Trinajstić information content (AvgIpc) is 2.78. The van der Waals surface area contributed by atoms with Gasteiger partial charge in [-0.3, -0.25) is 4.79 Å². The van der Waals surface area contributed by atoms with Crippen LogP contribution in [0.25, 0.3) is 22.1 Å². The molecule has 1 saturated heterocycles. The molecule has 0 bridgehead atoms. The summed E-state index contributed by atoms with van der Waals surface area (Å²) >= 11 is 0. The van der Waals surface area contributed by atoms with Crippen molar-refractivity contribution in [1.29, 1.82) is 0 Å². The first kappa shape index (κ1) is 20.2. The second-order valence-corrected chi connectivity index (χ2v) is 7.85. The molecule has 0 spiro atoms. The molecule has 2 atom stereocenters. The Morgan fingerprint density at radius 1 is 1.17 bits per heavy atom. The fraction of sp³-hybridized carbons (Fsp3) is 0.360. The molecule has 1 aliphatic rings. The van der Waals surface area contributed by atoms with Crippen LogP contribution >= 0.6 is 0 Å². The Bertz CT molecular complexity index is 1090. The van der Waals surface area contributed by atoms with Gasteiger partial charge in [0.25, 0.3) is 5.91 Å². The van der Waals surface area contributed by atoms with Gasteiger partial charge in [0.2, 0.25) is 0 Å². The zero-order valence-corrected chi connectivity index (χ0v) is 17.5. The predicted molar refractivity (Wildman–Crippen MR) is 118 cm³/mol. The van der Waals surface area contributed by atoms with Crippen LogP contribution in [0.3, 0.4) is 0 Å². The van der Waals surface area contributed by atoms with Gasteiger partial charge in [-0.05, 0) is 55.9 Å². The number of hydrogen-bond acceptors (Lipinski definition) is 4. The summed E-state index contributed by atoms with van der Waals surface area (Å²) < 4.78 is 11.4. The highest BCUT2D eigenvalue weighted by molar-refractivity contribution is 5.93. The van der Waals surface area contributed by atoms with Crippen LogP contribution in [0.2, 0.25) is 0 Å². The number of carbonyl (C=O) groups is 1. The Hall–Kier alpha value is -3.08. The van der Waals surface area contributed by atoms with Gasteiger partial charge < -0.3 is 14.1 Å². The third kappa shape index (κ3) is 4.11. The van der Waals surface area contributed by atoms with E-state index in [9.17, 15) is 9.59 Å². The average molecular weight is 405 g/mol. The number of hydrogen-bond donors (Lipinski definition) is 0. The van der Waals surface area contributed by atoms with E-state index in [2.05, 4.69) is 6.92 Å². The topological polar surface area (TPSA) is 59.8 Å². The number of nitrogens with zero attached hydrogens (tertiary/aromatic N) is 1. The second kappa shape index (κ2) is 8.74. The van der Waals surface area contributed by atoms with Gasteiger partial charge in [-0.15, -0.1) is 0 Å². The van der Waals surface area contributed by atoms with Crippen LogP contribution in [0.15, 0.2) is 63.8 Å². The van der Waals surface area contributed by atoms with Gasteiger partial charge in [-0.25, -0.2) is 4.79 Å². The van der Waals surface area contributed by atoms with Crippen molar-refractivity contribution in [3.05, 3.63) is 65.0 Å². The number of carbonyl (C=O) groups excluding carboxylic acids is 1. The molecule has 1 unspecified atom stereocenters. The Labute approximate surface area is 176 Å². The van der Waals surface area contributed by atoms with Gasteiger partial charge in [0.05, 0.1) is 0 Å². The first-order valence-electron chi connectivity index (χ1n) is 10.7. The molecular formula is C25H27NO4. The van der Waals surface area contributed by atoms with Crippen molar-refractivity contribution in [1.82, 2.24) is 4.90 Å². The molecule has 0 N–H and O–H groups in total. The summed E-state index contributed by atoms with van der Waals surface area (Å²) in [5.74, 6) is 0.530. The number of amides is 1. The smallest absolute Gasteiger partial charge is 0.336 e. The molecule has 30 heavy (non-hydrogen) atoms. The van der Waals surface area contributed by atoms with E-state index in [1.54, 1.807) is 13.0 Å². The van der Waals surface area contributed by atoms with Crippen molar-refractivity contribution >= 4 is 16.9 Å². The zero-order chi connectivity index (χ0) is 21.1. The molecule has 5 nitrogen and oxygen atoms in total. The summed E-state index contributed by atoms with van der Waals surface area (Å²) in [6, 6.07) is 16.9. The van der Waals surface area contributed by atoms with Gasteiger partial charge in [0.1, 0.15) is 11.3 Å². The van der Waals surface area contributed by atoms with E-state index < -0.39 is 11.7 Å². The highest BCUT2D eigenvalue weighted by Gasteiger charge is 2.29. The second-order valence-electron chi connectivity index (χ2n) is 7.85. The Kier molecular flexibility index (Phi) is 5.88. The highest BCUT2D eigenvalue weighted by atomic mass is 16.5. The third-order valence-electron chi connectivity index (χ3n) is 5.84. The predicted octanol–water partition coefficient (Wildman–Crippen LogP) is 5.02. The molecule has 0 saturated carbocycles. The lowest BCUT2D eigenvalue weighted by molar-refractivity contribution is -0.141. The van der Waals surface area contributed by atoms with Gasteiger partial charge in [-0.2, -0.15) is 0 Å². The van der Waals surface area contributed by atoms with Crippen molar-refractivity contribution in [3.63, 3.8) is 0 Å². The lowest BCUT2D eigenvalue weighted by Crippen LogP contribution is -2.48. The molecule has 156 valence electrons. The first-order valence-corrected chi connectivity index (χ1v) is 10.7. The molecule has 1 aliphatic heterocycles. The van der Waals surface area contributed by atoms with Gasteiger partial charge in [0, 0.05) is 30.1 Å². The summed E-state index contributed by atoms with van der Waals surface area (Å²) in [4.78, 5) is 27.0. The summed E-state index contributed by atoms with van der Waals surface area (Å²) in [6.45, 7) is 4.69. The monoisotopic (exact) mass is 405 g/mol. The van der Waals surface area contributed by atoms with E-state index in [0.29, 0.717) is 17.4 Å². The molecule has 4 rings (SSSR count). The zero-order valence-electron chi connectivity index (χ0n) is 17.5. The Morgan fingerprint density at radius 3 is 2.73 bits per heavy atom. The van der Waals surface area contributed by atoms with Crippen LogP contribution in [0.5, 0.6) is 5.75 Å². The number of rotatable bonds is 5. The van der Waals surface area contributed by atoms with E-state index in [1.807, 2.05) is 47.4 Å². The maximum absolute atomic E-state index is 13.0. The van der Waals surface area contributed by atoms with Gasteiger partial charge in [0.15, 0.2) is 6.10 Å². The maximum atomic E-state index is 13.0. The Balaban J connectivity index is 1.59. The maximum Gasteiger partial charge on any atom is 0.336 e. The van der Waals surface area contributed by atoms with Crippen LogP contribution in [-0.2, 0) is 4.79 Å². The van der Waals surface area contributed by atoms with E-state index in [0.717, 1.165) is 42.3 Å². The quantitative estimate of drug-likeness (QED) is 0.559. The number of fused-ring (bicyclic) bond motifs is 1. The van der Waals surface area contributed by atoms with Crippen LogP contribution < -0.4 is 10.4 Å². The summed E-state index contributed by atoms with van der Waals surface area (Å²) in [7, 11) is 0. The lowest BCUT2D eigenvalue weighted by Gasteiger charge is -2.36. The normalized spacial score (nSPS) is 17.7. The van der Waals surface area contributed by atoms with Gasteiger partial charge in [-0.1, -0.05) is 37.3 Å². The minimum atomic E-state index is -0.598. The fourth-order valence-corrected chi connectivity index (χ4v) is 4.28. The van der Waals surface area contributed by atoms with Crippen LogP contribution in [-0.4, -0.2) is 29.5 Å². The van der Waals surface area contributed by atoms with E-state index in [4.69, 9.17) is 9.15 Å². The minimum Gasteiger partial charge on any atom is -0.481 e.